The maximum atomic E-state index is 12.2. The number of nitrogens with one attached hydrogen (secondary N) is 2. The summed E-state index contributed by atoms with van der Waals surface area (Å²) in [5.41, 5.74) is 10.5. The average Bonchev–Trinajstić information content (AvgIpc) is 3.82. The molecule has 2 aliphatic heterocycles. The van der Waals surface area contributed by atoms with Crippen LogP contribution in [0.1, 0.15) is 99.2 Å². The van der Waals surface area contributed by atoms with Crippen molar-refractivity contribution in [2.24, 2.45) is 4.99 Å². The number of methoxy groups -OCH3 is 1. The molecule has 8 aromatic rings. The predicted molar refractivity (Wildman–Crippen MR) is 330 cm³/mol. The summed E-state index contributed by atoms with van der Waals surface area (Å²) < 4.78 is 30.5. The highest BCUT2D eigenvalue weighted by Crippen LogP contribution is 2.41. The van der Waals surface area contributed by atoms with Crippen LogP contribution in [0.4, 0.5) is 17.1 Å². The summed E-state index contributed by atoms with van der Waals surface area (Å²) in [5.74, 6) is 1.60. The van der Waals surface area contributed by atoms with Gasteiger partial charge in [0.15, 0.2) is 15.6 Å². The molecule has 1 saturated heterocycles. The molecule has 2 N–H and O–H groups in total. The van der Waals surface area contributed by atoms with Crippen molar-refractivity contribution in [1.29, 1.82) is 10.5 Å². The number of ketones is 2. The van der Waals surface area contributed by atoms with E-state index in [1.54, 1.807) is 36.3 Å². The van der Waals surface area contributed by atoms with E-state index < -0.39 is 26.1 Å². The zero-order chi connectivity index (χ0) is 59.9. The zero-order valence-electron chi connectivity index (χ0n) is 47.8. The van der Waals surface area contributed by atoms with Crippen molar-refractivity contribution >= 4 is 89.4 Å². The Balaban J connectivity index is 0.000000148. The van der Waals surface area contributed by atoms with Crippen LogP contribution in [0.5, 0.6) is 5.75 Å². The van der Waals surface area contributed by atoms with E-state index in [1.165, 1.54) is 18.1 Å². The Morgan fingerprint density at radius 2 is 1.48 bits per heavy atom. The van der Waals surface area contributed by atoms with Gasteiger partial charge >= 0.3 is 0 Å². The standard InChI is InChI=1S/C22H20N2O3S.C17H19N5.C15H18O2.C11H9Cl2N3/c1-27-21-13-15(14-28(2,25)26)11-12-20(21)24-22-16-7-3-5-9-18(16)23-19-10-6-4-8-17(19)22;1-16(2,9-18)14-5-13(8-22-12-20-11-21-22)6-15(7-14)17(3,4)10-19;1-3-15(9-8-13(16)10-14(15)17)12-6-4-11(2)5-7-12;1-6-4-16-5-7-9(15-11(16)14-6)3-2-8(12)10(7)13/h3-13H,14H2,1-2H3,(H,23,24);5-7,11-12H,8H2,1-4H3;4-7H,3,8-10H2,1-2H3;2-3H,1,4-5H2,(H,14,15). The maximum Gasteiger partial charge on any atom is 0.204 e. The smallest absolute Gasteiger partial charge is 0.204 e. The first kappa shape index (κ1) is 60.7. The van der Waals surface area contributed by atoms with Gasteiger partial charge in [-0.25, -0.2) is 28.1 Å². The molecular formula is C65H66Cl2N10O5S. The second kappa shape index (κ2) is 25.4. The molecular weight excluding hydrogens is 1100 g/mol. The number of nitrogens with zero attached hydrogens (tertiary/aromatic N) is 8. The van der Waals surface area contributed by atoms with Crippen LogP contribution in [0, 0.1) is 29.6 Å². The van der Waals surface area contributed by atoms with Crippen molar-refractivity contribution in [3.63, 3.8) is 0 Å². The quantitative estimate of drug-likeness (QED) is 0.0913. The normalized spacial score (nSPS) is 15.6. The van der Waals surface area contributed by atoms with Gasteiger partial charge in [0.1, 0.15) is 24.2 Å². The summed E-state index contributed by atoms with van der Waals surface area (Å²) in [6.45, 7) is 17.5. The zero-order valence-corrected chi connectivity index (χ0v) is 50.2. The molecule has 0 spiro atoms. The van der Waals surface area contributed by atoms with E-state index in [9.17, 15) is 28.5 Å². The number of aryl methyl sites for hydroxylation is 1. The third-order valence-corrected chi connectivity index (χ3v) is 16.7. The molecule has 426 valence electrons. The number of carbonyl (C=O) groups is 2. The van der Waals surface area contributed by atoms with Crippen LogP contribution in [-0.2, 0) is 54.5 Å². The lowest BCUT2D eigenvalue weighted by Gasteiger charge is -2.34. The molecule has 3 aliphatic rings. The lowest BCUT2D eigenvalue weighted by atomic mass is 9.66. The van der Waals surface area contributed by atoms with Gasteiger partial charge in [-0.1, -0.05) is 127 Å². The van der Waals surface area contributed by atoms with Crippen LogP contribution in [0.2, 0.25) is 10.0 Å². The molecule has 2 aromatic heterocycles. The number of rotatable bonds is 11. The third kappa shape index (κ3) is 14.3. The minimum atomic E-state index is -3.12. The van der Waals surface area contributed by atoms with Crippen molar-refractivity contribution in [3.05, 3.63) is 195 Å². The minimum Gasteiger partial charge on any atom is -0.495 e. The van der Waals surface area contributed by atoms with Gasteiger partial charge in [-0.2, -0.15) is 15.6 Å². The number of Topliss-reactive ketones (excluding diaryl/α,β-unsaturated/α-hetero) is 2. The Morgan fingerprint density at radius 1 is 0.843 bits per heavy atom. The van der Waals surface area contributed by atoms with Gasteiger partial charge in [0.05, 0.1) is 98.9 Å². The number of guanidine groups is 1. The lowest BCUT2D eigenvalue weighted by molar-refractivity contribution is -0.134. The fraction of sp³-hybridized carbons (Fsp3) is 0.292. The first-order chi connectivity index (χ1) is 39.5. The molecule has 0 amide bonds. The van der Waals surface area contributed by atoms with Gasteiger partial charge in [0, 0.05) is 41.3 Å². The Bertz CT molecular complexity index is 3900. The summed E-state index contributed by atoms with van der Waals surface area (Å²) in [7, 11) is -1.54. The number of benzene rings is 6. The summed E-state index contributed by atoms with van der Waals surface area (Å²) in [4.78, 5) is 38.8. The predicted octanol–water partition coefficient (Wildman–Crippen LogP) is 13.5. The highest BCUT2D eigenvalue weighted by atomic mass is 35.5. The van der Waals surface area contributed by atoms with Gasteiger partial charge in [-0.05, 0) is 112 Å². The molecule has 6 aromatic carbocycles. The fourth-order valence-corrected chi connectivity index (χ4v) is 11.3. The van der Waals surface area contributed by atoms with Crippen LogP contribution in [0.3, 0.4) is 0 Å². The van der Waals surface area contributed by atoms with E-state index in [0.717, 1.165) is 97.9 Å². The summed E-state index contributed by atoms with van der Waals surface area (Å²) in [6.07, 6.45) is 6.46. The highest BCUT2D eigenvalue weighted by molar-refractivity contribution is 7.89. The number of aliphatic imine (C=N–C) groups is 1. The van der Waals surface area contributed by atoms with Gasteiger partial charge in [0.2, 0.25) is 5.96 Å². The molecule has 2 fully saturated rings. The number of aromatic nitrogens is 4. The van der Waals surface area contributed by atoms with Crippen molar-refractivity contribution in [2.75, 3.05) is 25.2 Å². The molecule has 0 bridgehead atoms. The van der Waals surface area contributed by atoms with Gasteiger partial charge in [-0.3, -0.25) is 9.59 Å². The van der Waals surface area contributed by atoms with Crippen molar-refractivity contribution in [3.8, 4) is 17.9 Å². The van der Waals surface area contributed by atoms with Crippen molar-refractivity contribution < 1.29 is 22.7 Å². The average molecular weight is 1170 g/mol. The second-order valence-electron chi connectivity index (χ2n) is 22.1. The van der Waals surface area contributed by atoms with E-state index in [2.05, 4.69) is 49.3 Å². The first-order valence-electron chi connectivity index (χ1n) is 27.0. The van der Waals surface area contributed by atoms with E-state index in [1.807, 2.05) is 145 Å². The van der Waals surface area contributed by atoms with Crippen molar-refractivity contribution in [1.82, 2.24) is 30.0 Å². The largest absolute Gasteiger partial charge is 0.495 e. The van der Waals surface area contributed by atoms with Gasteiger partial charge in [-0.15, -0.1) is 0 Å². The van der Waals surface area contributed by atoms with E-state index in [-0.39, 0.29) is 23.7 Å². The summed E-state index contributed by atoms with van der Waals surface area (Å²) in [6, 6.07) is 43.7. The first-order valence-corrected chi connectivity index (χ1v) is 29.8. The molecule has 11 rings (SSSR count). The van der Waals surface area contributed by atoms with Gasteiger partial charge < -0.3 is 20.3 Å². The number of halogens is 2. The number of carbonyl (C=O) groups excluding carboxylic acids is 2. The number of nitriles is 2. The Hall–Kier alpha value is -8.41. The van der Waals surface area contributed by atoms with Crippen LogP contribution >= 0.6 is 23.2 Å². The fourth-order valence-electron chi connectivity index (χ4n) is 10.1. The number of hydrogen-bond donors (Lipinski definition) is 2. The maximum absolute atomic E-state index is 12.2. The molecule has 0 radical (unpaired) electrons. The monoisotopic (exact) mass is 1170 g/mol. The summed E-state index contributed by atoms with van der Waals surface area (Å²) in [5, 5.41) is 32.7. The molecule has 1 unspecified atom stereocenters. The Labute approximate surface area is 495 Å². The number of anilines is 2. The minimum absolute atomic E-state index is 0.0231. The molecule has 18 heteroatoms. The van der Waals surface area contributed by atoms with Crippen LogP contribution in [0.25, 0.3) is 21.8 Å². The molecule has 83 heavy (non-hydrogen) atoms. The van der Waals surface area contributed by atoms with Crippen molar-refractivity contribution in [2.45, 2.75) is 102 Å². The number of ether oxygens (including phenoxy) is 1. The number of para-hydroxylation sites is 2. The topological polar surface area (TPSA) is 208 Å². The molecule has 15 nitrogen and oxygen atoms in total. The Morgan fingerprint density at radius 3 is 2.05 bits per heavy atom. The van der Waals surface area contributed by atoms with E-state index >= 15 is 0 Å². The highest BCUT2D eigenvalue weighted by Gasteiger charge is 2.42. The number of fused-ring (bicyclic) bond motifs is 4. The Kier molecular flexibility index (Phi) is 18.6. The molecule has 1 aliphatic carbocycles. The van der Waals surface area contributed by atoms with E-state index in [4.69, 9.17) is 32.9 Å². The number of sulfone groups is 1. The number of hydrogen-bond acceptors (Lipinski definition) is 14. The van der Waals surface area contributed by atoms with Gasteiger partial charge in [0.25, 0.3) is 0 Å². The molecule has 1 saturated carbocycles. The second-order valence-corrected chi connectivity index (χ2v) is 25.0. The lowest BCUT2D eigenvalue weighted by Crippen LogP contribution is -2.40. The SMILES string of the molecule is C=C1CN2Cc3c(ccc(Cl)c3Cl)N=C2N1.CC(C)(C#N)c1cc(Cn2cncn2)cc(C(C)(C)C#N)c1.CCC1(c2ccc(C)cc2)CCC(=O)CC1=O.COc1cc(CS(C)(=O)=O)ccc1Nc1c2ccccc2nc2ccccc12. The summed E-state index contributed by atoms with van der Waals surface area (Å²) >= 11 is 12.2. The van der Waals surface area contributed by atoms with Crippen LogP contribution in [0.15, 0.2) is 151 Å². The van der Waals surface area contributed by atoms with E-state index in [0.29, 0.717) is 40.7 Å². The van der Waals surface area contributed by atoms with Crippen LogP contribution < -0.4 is 15.4 Å². The molecule has 1 atom stereocenters. The van der Waals surface area contributed by atoms with Crippen LogP contribution in [-0.4, -0.2) is 70.5 Å². The third-order valence-electron chi connectivity index (χ3n) is 15.0. The molecule has 4 heterocycles. The number of pyridine rings is 1.